The number of carbonyl (C=O) groups is 1. The maximum Gasteiger partial charge on any atom is 0.224 e. The Kier molecular flexibility index (Phi) is 4.58. The highest BCUT2D eigenvalue weighted by molar-refractivity contribution is 7.14. The normalized spacial score (nSPS) is 15.5. The summed E-state index contributed by atoms with van der Waals surface area (Å²) in [5.41, 5.74) is 5.20. The lowest BCUT2D eigenvalue weighted by molar-refractivity contribution is -0.116. The minimum atomic E-state index is 0.0913. The molecule has 1 unspecified atom stereocenters. The number of hydrogen-bond acceptors (Lipinski definition) is 5. The molecule has 4 rings (SSSR count). The van der Waals surface area contributed by atoms with E-state index in [1.165, 1.54) is 5.56 Å². The molecule has 1 N–H and O–H groups in total. The summed E-state index contributed by atoms with van der Waals surface area (Å²) in [7, 11) is 1.66. The summed E-state index contributed by atoms with van der Waals surface area (Å²) in [4.78, 5) is 18.5. The lowest BCUT2D eigenvalue weighted by Gasteiger charge is -2.20. The molecule has 0 spiro atoms. The van der Waals surface area contributed by atoms with Crippen molar-refractivity contribution in [3.63, 3.8) is 0 Å². The van der Waals surface area contributed by atoms with Crippen LogP contribution in [0.15, 0.2) is 47.8 Å². The number of nitrogens with zero attached hydrogens (tertiary/aromatic N) is 2. The molecule has 0 saturated heterocycles. The van der Waals surface area contributed by atoms with Gasteiger partial charge in [-0.1, -0.05) is 6.07 Å². The largest absolute Gasteiger partial charge is 0.497 e. The van der Waals surface area contributed by atoms with Gasteiger partial charge in [0.2, 0.25) is 5.91 Å². The van der Waals surface area contributed by atoms with E-state index in [9.17, 15) is 4.79 Å². The zero-order valence-electron chi connectivity index (χ0n) is 15.5. The summed E-state index contributed by atoms with van der Waals surface area (Å²) in [6.07, 6.45) is 0.879. The van der Waals surface area contributed by atoms with Crippen LogP contribution in [-0.4, -0.2) is 24.0 Å². The first-order chi connectivity index (χ1) is 13.0. The van der Waals surface area contributed by atoms with E-state index in [1.807, 2.05) is 41.3 Å². The summed E-state index contributed by atoms with van der Waals surface area (Å²) in [5, 5.41) is 6.22. The molecule has 1 atom stereocenters. The van der Waals surface area contributed by atoms with E-state index in [2.05, 4.69) is 23.7 Å². The van der Waals surface area contributed by atoms with Crippen molar-refractivity contribution in [3.05, 3.63) is 53.4 Å². The van der Waals surface area contributed by atoms with Gasteiger partial charge in [0, 0.05) is 35.3 Å². The summed E-state index contributed by atoms with van der Waals surface area (Å²) in [5.74, 6) is 0.918. The highest BCUT2D eigenvalue weighted by atomic mass is 32.1. The van der Waals surface area contributed by atoms with Gasteiger partial charge in [0.25, 0.3) is 0 Å². The topological polar surface area (TPSA) is 54.5 Å². The van der Waals surface area contributed by atoms with Gasteiger partial charge < -0.3 is 15.0 Å². The van der Waals surface area contributed by atoms with Crippen LogP contribution in [0.4, 0.5) is 16.5 Å². The number of fused-ring (bicyclic) bond motifs is 1. The van der Waals surface area contributed by atoms with Crippen LogP contribution in [0.2, 0.25) is 0 Å². The fraction of sp³-hybridized carbons (Fsp3) is 0.238. The highest BCUT2D eigenvalue weighted by Gasteiger charge is 2.29. The Balaban J connectivity index is 1.55. The predicted molar refractivity (Wildman–Crippen MR) is 110 cm³/mol. The lowest BCUT2D eigenvalue weighted by atomic mass is 10.1. The zero-order valence-corrected chi connectivity index (χ0v) is 16.3. The van der Waals surface area contributed by atoms with Crippen LogP contribution in [0.25, 0.3) is 11.3 Å². The molecule has 6 heteroatoms. The van der Waals surface area contributed by atoms with Crippen molar-refractivity contribution < 1.29 is 9.53 Å². The molecule has 3 aromatic rings. The average molecular weight is 379 g/mol. The van der Waals surface area contributed by atoms with E-state index < -0.39 is 0 Å². The van der Waals surface area contributed by atoms with Crippen LogP contribution in [0.3, 0.4) is 0 Å². The lowest BCUT2D eigenvalue weighted by Crippen LogP contribution is -2.33. The first-order valence-electron chi connectivity index (χ1n) is 8.85. The minimum absolute atomic E-state index is 0.0913. The molecule has 0 radical (unpaired) electrons. The number of carbonyl (C=O) groups excluding carboxylic acids is 1. The summed E-state index contributed by atoms with van der Waals surface area (Å²) in [6, 6.07) is 14.2. The first-order valence-corrected chi connectivity index (χ1v) is 9.73. The molecule has 1 aliphatic rings. The maximum atomic E-state index is 11.9. The number of anilines is 3. The zero-order chi connectivity index (χ0) is 19.0. The molecule has 0 aliphatic carbocycles. The van der Waals surface area contributed by atoms with Crippen molar-refractivity contribution in [2.45, 2.75) is 26.3 Å². The van der Waals surface area contributed by atoms with Crippen LogP contribution < -0.4 is 15.0 Å². The van der Waals surface area contributed by atoms with Crippen molar-refractivity contribution in [2.24, 2.45) is 0 Å². The monoisotopic (exact) mass is 379 g/mol. The molecule has 2 aromatic carbocycles. The SMILES string of the molecule is COc1ccc(Nc2nc(-c3ccc4c(c3)CC(C)N4C(C)=O)cs2)cc1. The predicted octanol–water partition coefficient (Wildman–Crippen LogP) is 4.86. The van der Waals surface area contributed by atoms with Gasteiger partial charge in [-0.2, -0.15) is 0 Å². The van der Waals surface area contributed by atoms with Crippen molar-refractivity contribution >= 4 is 33.8 Å². The number of nitrogens with one attached hydrogen (secondary N) is 1. The molecular weight excluding hydrogens is 358 g/mol. The van der Waals surface area contributed by atoms with E-state index in [-0.39, 0.29) is 11.9 Å². The Hall–Kier alpha value is -2.86. The van der Waals surface area contributed by atoms with Crippen LogP contribution >= 0.6 is 11.3 Å². The number of hydrogen-bond donors (Lipinski definition) is 1. The van der Waals surface area contributed by atoms with Gasteiger partial charge in [0.15, 0.2) is 5.13 Å². The third-order valence-corrected chi connectivity index (χ3v) is 5.53. The number of aromatic nitrogens is 1. The third-order valence-electron chi connectivity index (χ3n) is 4.78. The second-order valence-corrected chi connectivity index (χ2v) is 7.54. The van der Waals surface area contributed by atoms with Crippen LogP contribution in [0.1, 0.15) is 19.4 Å². The van der Waals surface area contributed by atoms with E-state index in [0.717, 1.165) is 39.9 Å². The van der Waals surface area contributed by atoms with Crippen LogP contribution in [0.5, 0.6) is 5.75 Å². The minimum Gasteiger partial charge on any atom is -0.497 e. The molecule has 5 nitrogen and oxygen atoms in total. The fourth-order valence-corrected chi connectivity index (χ4v) is 4.27. The first kappa shape index (κ1) is 17.5. The van der Waals surface area contributed by atoms with Gasteiger partial charge in [-0.25, -0.2) is 4.98 Å². The number of thiazole rings is 1. The van der Waals surface area contributed by atoms with Gasteiger partial charge in [0.1, 0.15) is 5.75 Å². The van der Waals surface area contributed by atoms with E-state index >= 15 is 0 Å². The molecule has 0 fully saturated rings. The fourth-order valence-electron chi connectivity index (χ4n) is 3.53. The number of benzene rings is 2. The molecule has 0 saturated carbocycles. The number of rotatable bonds is 4. The Bertz CT molecular complexity index is 981. The maximum absolute atomic E-state index is 11.9. The molecule has 1 amide bonds. The van der Waals surface area contributed by atoms with E-state index in [0.29, 0.717) is 0 Å². The second kappa shape index (κ2) is 7.04. The Labute approximate surface area is 162 Å². The Morgan fingerprint density at radius 3 is 2.74 bits per heavy atom. The van der Waals surface area contributed by atoms with Gasteiger partial charge >= 0.3 is 0 Å². The summed E-state index contributed by atoms with van der Waals surface area (Å²) < 4.78 is 5.18. The number of ether oxygens (including phenoxy) is 1. The standard InChI is InChI=1S/C21H21N3O2S/c1-13-10-16-11-15(4-9-20(16)24(13)14(2)25)19-12-27-21(23-19)22-17-5-7-18(26-3)8-6-17/h4-9,11-13H,10H2,1-3H3,(H,22,23). The highest BCUT2D eigenvalue weighted by Crippen LogP contribution is 2.36. The van der Waals surface area contributed by atoms with Gasteiger partial charge in [0.05, 0.1) is 12.8 Å². The van der Waals surface area contributed by atoms with Gasteiger partial charge in [-0.05, 0) is 55.3 Å². The average Bonchev–Trinajstić information content (AvgIpc) is 3.25. The quantitative estimate of drug-likeness (QED) is 0.703. The second-order valence-electron chi connectivity index (χ2n) is 6.68. The molecule has 138 valence electrons. The molecular formula is C21H21N3O2S. The Morgan fingerprint density at radius 1 is 1.26 bits per heavy atom. The van der Waals surface area contributed by atoms with Gasteiger partial charge in [-0.15, -0.1) is 11.3 Å². The molecule has 0 bridgehead atoms. The molecule has 27 heavy (non-hydrogen) atoms. The van der Waals surface area contributed by atoms with Crippen molar-refractivity contribution in [3.8, 4) is 17.0 Å². The smallest absolute Gasteiger partial charge is 0.224 e. The molecule has 2 heterocycles. The summed E-state index contributed by atoms with van der Waals surface area (Å²) >= 11 is 1.57. The molecule has 1 aromatic heterocycles. The Morgan fingerprint density at radius 2 is 2.04 bits per heavy atom. The van der Waals surface area contributed by atoms with E-state index in [1.54, 1.807) is 25.4 Å². The summed E-state index contributed by atoms with van der Waals surface area (Å²) in [6.45, 7) is 3.71. The number of methoxy groups -OCH3 is 1. The van der Waals surface area contributed by atoms with E-state index in [4.69, 9.17) is 9.72 Å². The van der Waals surface area contributed by atoms with Crippen LogP contribution in [0, 0.1) is 0 Å². The number of amides is 1. The van der Waals surface area contributed by atoms with Crippen molar-refractivity contribution in [1.82, 2.24) is 4.98 Å². The van der Waals surface area contributed by atoms with Crippen molar-refractivity contribution in [2.75, 3.05) is 17.3 Å². The van der Waals surface area contributed by atoms with Crippen molar-refractivity contribution in [1.29, 1.82) is 0 Å². The molecule has 1 aliphatic heterocycles. The van der Waals surface area contributed by atoms with Crippen LogP contribution in [-0.2, 0) is 11.2 Å². The third kappa shape index (κ3) is 3.40. The van der Waals surface area contributed by atoms with Gasteiger partial charge in [-0.3, -0.25) is 4.79 Å².